The molecule has 5 heteroatoms. The number of nitrogens with one attached hydrogen (secondary N) is 1. The molecule has 0 amide bonds. The van der Waals surface area contributed by atoms with Gasteiger partial charge in [0.15, 0.2) is 0 Å². The molecular weight excluding hydrogens is 276 g/mol. The molecule has 1 aromatic carbocycles. The highest BCUT2D eigenvalue weighted by atomic mass is 16.4. The molecule has 0 aliphatic rings. The molecular formula is C17H20N4O. The van der Waals surface area contributed by atoms with Crippen LogP contribution in [0.1, 0.15) is 32.2 Å². The minimum absolute atomic E-state index is 0.131. The zero-order chi connectivity index (χ0) is 15.6. The lowest BCUT2D eigenvalue weighted by atomic mass is 9.92. The van der Waals surface area contributed by atoms with Gasteiger partial charge in [-0.3, -0.25) is 4.98 Å². The Morgan fingerprint density at radius 2 is 2.00 bits per heavy atom. The van der Waals surface area contributed by atoms with Crippen molar-refractivity contribution in [2.45, 2.75) is 33.7 Å². The Balaban J connectivity index is 1.72. The fraction of sp³-hybridized carbons (Fsp3) is 0.353. The molecule has 2 heterocycles. The zero-order valence-electron chi connectivity index (χ0n) is 13.1. The quantitative estimate of drug-likeness (QED) is 0.793. The second-order valence-corrected chi connectivity index (χ2v) is 6.61. The molecule has 0 saturated heterocycles. The van der Waals surface area contributed by atoms with Crippen LogP contribution in [0.25, 0.3) is 10.8 Å². The average molecular weight is 296 g/mol. The van der Waals surface area contributed by atoms with E-state index in [0.717, 1.165) is 11.8 Å². The van der Waals surface area contributed by atoms with Crippen molar-refractivity contribution in [2.75, 3.05) is 5.32 Å². The highest BCUT2D eigenvalue weighted by molar-refractivity contribution is 5.84. The van der Waals surface area contributed by atoms with Crippen LogP contribution >= 0.6 is 0 Å². The van der Waals surface area contributed by atoms with E-state index < -0.39 is 0 Å². The molecule has 3 rings (SSSR count). The van der Waals surface area contributed by atoms with Crippen LogP contribution < -0.4 is 5.32 Å². The molecule has 1 N–H and O–H groups in total. The summed E-state index contributed by atoms with van der Waals surface area (Å²) < 4.78 is 5.65. The first kappa shape index (κ1) is 14.5. The third kappa shape index (κ3) is 3.42. The second-order valence-electron chi connectivity index (χ2n) is 6.61. The normalized spacial score (nSPS) is 11.8. The van der Waals surface area contributed by atoms with Gasteiger partial charge in [0.1, 0.15) is 0 Å². The monoisotopic (exact) mass is 296 g/mol. The maximum absolute atomic E-state index is 5.65. The van der Waals surface area contributed by atoms with E-state index in [1.807, 2.05) is 18.3 Å². The first-order valence-corrected chi connectivity index (χ1v) is 7.39. The molecule has 2 aromatic heterocycles. The lowest BCUT2D eigenvalue weighted by Crippen LogP contribution is -2.09. The van der Waals surface area contributed by atoms with Crippen LogP contribution in [0.2, 0.25) is 0 Å². The van der Waals surface area contributed by atoms with Crippen LogP contribution in [0.3, 0.4) is 0 Å². The van der Waals surface area contributed by atoms with Gasteiger partial charge in [-0.2, -0.15) is 0 Å². The predicted molar refractivity (Wildman–Crippen MR) is 86.5 cm³/mol. The van der Waals surface area contributed by atoms with Gasteiger partial charge in [0.05, 0.1) is 0 Å². The number of hydrogen-bond acceptors (Lipinski definition) is 5. The molecule has 0 saturated carbocycles. The number of pyridine rings is 1. The van der Waals surface area contributed by atoms with E-state index in [9.17, 15) is 0 Å². The fourth-order valence-electron chi connectivity index (χ4n) is 2.36. The van der Waals surface area contributed by atoms with Crippen molar-refractivity contribution in [3.8, 4) is 0 Å². The summed E-state index contributed by atoms with van der Waals surface area (Å²) in [6, 6.07) is 8.65. The molecule has 0 unspecified atom stereocenters. The summed E-state index contributed by atoms with van der Waals surface area (Å²) in [7, 11) is 0. The zero-order valence-corrected chi connectivity index (χ0v) is 13.1. The molecule has 0 bridgehead atoms. The van der Waals surface area contributed by atoms with Gasteiger partial charge < -0.3 is 9.73 Å². The number of hydrogen-bond donors (Lipinski definition) is 1. The molecule has 0 aliphatic carbocycles. The molecule has 5 nitrogen and oxygen atoms in total. The van der Waals surface area contributed by atoms with E-state index in [4.69, 9.17) is 4.42 Å². The number of anilines is 1. The Bertz CT molecular complexity index is 768. The van der Waals surface area contributed by atoms with Crippen molar-refractivity contribution in [1.29, 1.82) is 0 Å². The molecule has 0 atom stereocenters. The van der Waals surface area contributed by atoms with Gasteiger partial charge in [0.25, 0.3) is 0 Å². The number of nitrogens with zero attached hydrogens (tertiary/aromatic N) is 3. The SMILES string of the molecule is CC(C)(C)Cc1nnc(NCc2cccc3cnccc23)o1. The minimum atomic E-state index is 0.131. The van der Waals surface area contributed by atoms with E-state index in [1.54, 1.807) is 6.20 Å². The van der Waals surface area contributed by atoms with Crippen LogP contribution in [0.5, 0.6) is 0 Å². The van der Waals surface area contributed by atoms with E-state index >= 15 is 0 Å². The lowest BCUT2D eigenvalue weighted by molar-refractivity contribution is 0.357. The van der Waals surface area contributed by atoms with E-state index in [-0.39, 0.29) is 5.41 Å². The number of rotatable bonds is 4. The standard InChI is InChI=1S/C17H20N4O/c1-17(2,3)9-15-20-21-16(22-15)19-11-13-6-4-5-12-10-18-8-7-14(12)13/h4-8,10H,9,11H2,1-3H3,(H,19,21). The second kappa shape index (κ2) is 5.75. The summed E-state index contributed by atoms with van der Waals surface area (Å²) in [6.07, 6.45) is 4.44. The Kier molecular flexibility index (Phi) is 3.79. The smallest absolute Gasteiger partial charge is 0.315 e. The molecule has 0 fully saturated rings. The number of aromatic nitrogens is 3. The number of benzene rings is 1. The molecule has 0 spiro atoms. The van der Waals surface area contributed by atoms with Crippen LogP contribution in [0.4, 0.5) is 6.01 Å². The van der Waals surface area contributed by atoms with E-state index in [2.05, 4.69) is 53.4 Å². The third-order valence-electron chi connectivity index (χ3n) is 3.35. The fourth-order valence-corrected chi connectivity index (χ4v) is 2.36. The Morgan fingerprint density at radius 1 is 1.14 bits per heavy atom. The van der Waals surface area contributed by atoms with Gasteiger partial charge >= 0.3 is 6.01 Å². The van der Waals surface area contributed by atoms with Gasteiger partial charge in [-0.15, -0.1) is 5.10 Å². The molecule has 0 aliphatic heterocycles. The summed E-state index contributed by atoms with van der Waals surface area (Å²) in [5, 5.41) is 13.6. The summed E-state index contributed by atoms with van der Waals surface area (Å²) in [6.45, 7) is 7.08. The van der Waals surface area contributed by atoms with Crippen LogP contribution in [0, 0.1) is 5.41 Å². The Labute approximate surface area is 129 Å². The van der Waals surface area contributed by atoms with Crippen molar-refractivity contribution in [3.05, 3.63) is 48.1 Å². The first-order valence-electron chi connectivity index (χ1n) is 7.39. The molecule has 3 aromatic rings. The van der Waals surface area contributed by atoms with Crippen molar-refractivity contribution in [3.63, 3.8) is 0 Å². The van der Waals surface area contributed by atoms with Gasteiger partial charge in [-0.1, -0.05) is 44.1 Å². The van der Waals surface area contributed by atoms with Gasteiger partial charge in [0, 0.05) is 30.7 Å². The largest absolute Gasteiger partial charge is 0.408 e. The Morgan fingerprint density at radius 3 is 2.82 bits per heavy atom. The molecule has 22 heavy (non-hydrogen) atoms. The highest BCUT2D eigenvalue weighted by Gasteiger charge is 2.16. The van der Waals surface area contributed by atoms with E-state index in [1.165, 1.54) is 10.9 Å². The van der Waals surface area contributed by atoms with Crippen molar-refractivity contribution in [2.24, 2.45) is 5.41 Å². The average Bonchev–Trinajstić information content (AvgIpc) is 2.90. The third-order valence-corrected chi connectivity index (χ3v) is 3.35. The summed E-state index contributed by atoms with van der Waals surface area (Å²) in [5.41, 5.74) is 1.31. The number of fused-ring (bicyclic) bond motifs is 1. The van der Waals surface area contributed by atoms with E-state index in [0.29, 0.717) is 18.5 Å². The molecule has 114 valence electrons. The summed E-state index contributed by atoms with van der Waals surface area (Å²) in [5.74, 6) is 0.664. The summed E-state index contributed by atoms with van der Waals surface area (Å²) in [4.78, 5) is 4.15. The molecule has 0 radical (unpaired) electrons. The van der Waals surface area contributed by atoms with Crippen molar-refractivity contribution in [1.82, 2.24) is 15.2 Å². The Hall–Kier alpha value is -2.43. The van der Waals surface area contributed by atoms with Crippen LogP contribution in [0.15, 0.2) is 41.1 Å². The highest BCUT2D eigenvalue weighted by Crippen LogP contribution is 2.22. The first-order chi connectivity index (χ1) is 10.5. The lowest BCUT2D eigenvalue weighted by Gasteiger charge is -2.14. The predicted octanol–water partition coefficient (Wildman–Crippen LogP) is 3.82. The van der Waals surface area contributed by atoms with Gasteiger partial charge in [-0.25, -0.2) is 0 Å². The van der Waals surface area contributed by atoms with Crippen LogP contribution in [-0.4, -0.2) is 15.2 Å². The van der Waals surface area contributed by atoms with Gasteiger partial charge in [-0.05, 0) is 22.4 Å². The maximum Gasteiger partial charge on any atom is 0.315 e. The van der Waals surface area contributed by atoms with Gasteiger partial charge in [0.2, 0.25) is 5.89 Å². The minimum Gasteiger partial charge on any atom is -0.408 e. The maximum atomic E-state index is 5.65. The summed E-state index contributed by atoms with van der Waals surface area (Å²) >= 11 is 0. The van der Waals surface area contributed by atoms with Crippen molar-refractivity contribution < 1.29 is 4.42 Å². The van der Waals surface area contributed by atoms with Crippen molar-refractivity contribution >= 4 is 16.8 Å². The topological polar surface area (TPSA) is 63.8 Å². The van der Waals surface area contributed by atoms with Crippen LogP contribution in [-0.2, 0) is 13.0 Å².